The van der Waals surface area contributed by atoms with Gasteiger partial charge in [0.05, 0.1) is 28.8 Å². The van der Waals surface area contributed by atoms with E-state index in [2.05, 4.69) is 5.32 Å². The number of amides is 3. The summed E-state index contributed by atoms with van der Waals surface area (Å²) in [6.45, 7) is -0.0257. The number of benzene rings is 2. The Kier molecular flexibility index (Phi) is 6.62. The molecule has 13 heteroatoms. The van der Waals surface area contributed by atoms with E-state index in [0.717, 1.165) is 23.1 Å². The molecule has 0 radical (unpaired) electrons. The lowest BCUT2D eigenvalue weighted by Gasteiger charge is -2.39. The summed E-state index contributed by atoms with van der Waals surface area (Å²) in [5.74, 6) is -4.65. The van der Waals surface area contributed by atoms with Crippen molar-refractivity contribution < 1.29 is 46.5 Å². The largest absolute Gasteiger partial charge is 0.508 e. The fraction of sp³-hybridized carbons (Fsp3) is 0.423. The van der Waals surface area contributed by atoms with Gasteiger partial charge in [-0.1, -0.05) is 6.07 Å². The van der Waals surface area contributed by atoms with Gasteiger partial charge < -0.3 is 15.1 Å². The van der Waals surface area contributed by atoms with Gasteiger partial charge in [-0.3, -0.25) is 24.6 Å². The predicted molar refractivity (Wildman–Crippen MR) is 124 cm³/mol. The highest BCUT2D eigenvalue weighted by Gasteiger charge is 2.45. The minimum Gasteiger partial charge on any atom is -0.508 e. The van der Waals surface area contributed by atoms with E-state index in [-0.39, 0.29) is 68.6 Å². The van der Waals surface area contributed by atoms with E-state index < -0.39 is 64.1 Å². The summed E-state index contributed by atoms with van der Waals surface area (Å²) in [6, 6.07) is 2.48. The number of piperidine rings is 2. The lowest BCUT2D eigenvalue weighted by Crippen LogP contribution is -2.52. The van der Waals surface area contributed by atoms with Gasteiger partial charge in [-0.15, -0.1) is 0 Å². The second kappa shape index (κ2) is 9.56. The Bertz CT molecular complexity index is 1370. The van der Waals surface area contributed by atoms with Gasteiger partial charge in [-0.2, -0.15) is 13.2 Å². The summed E-state index contributed by atoms with van der Waals surface area (Å²) < 4.78 is 69.5. The van der Waals surface area contributed by atoms with E-state index in [1.54, 1.807) is 4.90 Å². The third-order valence-corrected chi connectivity index (χ3v) is 7.68. The van der Waals surface area contributed by atoms with Crippen LogP contribution in [0.3, 0.4) is 0 Å². The summed E-state index contributed by atoms with van der Waals surface area (Å²) >= 11 is 0. The maximum atomic E-state index is 15.7. The van der Waals surface area contributed by atoms with Gasteiger partial charge in [-0.05, 0) is 37.5 Å². The van der Waals surface area contributed by atoms with Gasteiger partial charge in [0.1, 0.15) is 23.4 Å². The maximum Gasteiger partial charge on any atom is 0.416 e. The number of hydrogen-bond acceptors (Lipinski definition) is 6. The number of carbonyl (C=O) groups is 3. The molecule has 3 N–H and O–H groups in total. The number of hydrogen-bond donors (Lipinski definition) is 3. The molecule has 0 spiro atoms. The maximum absolute atomic E-state index is 15.7. The Morgan fingerprint density at radius 1 is 1.08 bits per heavy atom. The molecule has 1 unspecified atom stereocenters. The van der Waals surface area contributed by atoms with E-state index in [1.165, 1.54) is 0 Å². The highest BCUT2D eigenvalue weighted by atomic mass is 19.4. The van der Waals surface area contributed by atoms with Gasteiger partial charge in [-0.25, -0.2) is 8.78 Å². The molecule has 2 aromatic rings. The van der Waals surface area contributed by atoms with Crippen molar-refractivity contribution in [1.82, 2.24) is 15.1 Å². The number of aliphatic hydroxyl groups is 1. The number of likely N-dealkylation sites (tertiary alicyclic amines) is 1. The summed E-state index contributed by atoms with van der Waals surface area (Å²) in [4.78, 5) is 39.4. The van der Waals surface area contributed by atoms with Gasteiger partial charge in [0.25, 0.3) is 5.91 Å². The second-order valence-electron chi connectivity index (χ2n) is 10.1. The minimum atomic E-state index is -4.61. The van der Waals surface area contributed by atoms with Crippen LogP contribution in [0.2, 0.25) is 0 Å². The first-order valence-corrected chi connectivity index (χ1v) is 12.3. The van der Waals surface area contributed by atoms with Crippen LogP contribution in [-0.2, 0) is 34.5 Å². The van der Waals surface area contributed by atoms with Gasteiger partial charge in [0.15, 0.2) is 0 Å². The lowest BCUT2D eigenvalue weighted by atomic mass is 9.82. The zero-order chi connectivity index (χ0) is 28.3. The predicted octanol–water partition coefficient (Wildman–Crippen LogP) is 2.93. The fourth-order valence-electron chi connectivity index (χ4n) is 5.51. The number of nitrogens with zero attached hydrogens (tertiary/aromatic N) is 2. The first-order valence-electron chi connectivity index (χ1n) is 12.3. The molecule has 0 aromatic heterocycles. The van der Waals surface area contributed by atoms with E-state index in [0.29, 0.717) is 6.07 Å². The van der Waals surface area contributed by atoms with Crippen molar-refractivity contribution in [3.63, 3.8) is 0 Å². The molecule has 39 heavy (non-hydrogen) atoms. The van der Waals surface area contributed by atoms with Crippen molar-refractivity contribution in [3.05, 3.63) is 63.7 Å². The number of phenolic OH excluding ortho intramolecular Hbond substituents is 1. The summed E-state index contributed by atoms with van der Waals surface area (Å²) in [7, 11) is 0. The van der Waals surface area contributed by atoms with Crippen LogP contribution in [0, 0.1) is 11.6 Å². The number of alkyl halides is 3. The molecule has 0 bridgehead atoms. The average Bonchev–Trinajstić information content (AvgIpc) is 3.17. The van der Waals surface area contributed by atoms with Gasteiger partial charge in [0.2, 0.25) is 11.8 Å². The standard InChI is InChI=1S/C26H24F5N3O5/c27-17-10-15-16(12-34(24(15)38)18-3-4-20(36)32-23(18)37)22(28)21(17)25(39)5-7-33(8-6-25)11-13-1-2-14(9-19(13)35)26(29,30)31/h1-2,9-10,18,35,39H,3-8,11-12H2,(H,32,36,37). The first-order chi connectivity index (χ1) is 18.3. The molecule has 1 atom stereocenters. The highest BCUT2D eigenvalue weighted by molar-refractivity contribution is 6.05. The molecule has 3 amide bonds. The van der Waals surface area contributed by atoms with Crippen molar-refractivity contribution in [2.75, 3.05) is 13.1 Å². The number of phenols is 1. The monoisotopic (exact) mass is 553 g/mol. The smallest absolute Gasteiger partial charge is 0.416 e. The van der Waals surface area contributed by atoms with Crippen LogP contribution < -0.4 is 5.32 Å². The Balaban J connectivity index is 1.32. The van der Waals surface area contributed by atoms with Crippen molar-refractivity contribution >= 4 is 17.7 Å². The van der Waals surface area contributed by atoms with Gasteiger partial charge >= 0.3 is 6.18 Å². The molecule has 5 rings (SSSR count). The number of halogens is 5. The van der Waals surface area contributed by atoms with Gasteiger partial charge in [0, 0.05) is 37.2 Å². The van der Waals surface area contributed by atoms with Crippen LogP contribution in [0.15, 0.2) is 24.3 Å². The number of nitrogens with one attached hydrogen (secondary N) is 1. The van der Waals surface area contributed by atoms with Crippen molar-refractivity contribution in [3.8, 4) is 5.75 Å². The van der Waals surface area contributed by atoms with Crippen LogP contribution in [0.25, 0.3) is 0 Å². The molecule has 208 valence electrons. The molecule has 0 aliphatic carbocycles. The summed E-state index contributed by atoms with van der Waals surface area (Å²) in [5, 5.41) is 23.4. The van der Waals surface area contributed by atoms with Crippen LogP contribution in [0.4, 0.5) is 22.0 Å². The quantitative estimate of drug-likeness (QED) is 0.397. The summed E-state index contributed by atoms with van der Waals surface area (Å²) in [5.41, 5.74) is -3.67. The average molecular weight is 553 g/mol. The minimum absolute atomic E-state index is 0.000869. The van der Waals surface area contributed by atoms with Crippen molar-refractivity contribution in [1.29, 1.82) is 0 Å². The first kappa shape index (κ1) is 27.0. The second-order valence-corrected chi connectivity index (χ2v) is 10.1. The van der Waals surface area contributed by atoms with Crippen LogP contribution in [0.1, 0.15) is 58.3 Å². The van der Waals surface area contributed by atoms with E-state index in [9.17, 15) is 37.8 Å². The normalized spacial score (nSPS) is 21.7. The number of fused-ring (bicyclic) bond motifs is 1. The SMILES string of the molecule is O=C1CCC(N2Cc3c(cc(F)c(C4(O)CCN(Cc5ccc(C(F)(F)F)cc5O)CC4)c3F)C2=O)C(=O)N1. The Morgan fingerprint density at radius 3 is 2.38 bits per heavy atom. The summed E-state index contributed by atoms with van der Waals surface area (Å²) in [6.07, 6.45) is -4.79. The third kappa shape index (κ3) is 4.84. The molecule has 3 aliphatic rings. The number of imide groups is 1. The molecule has 0 saturated carbocycles. The number of rotatable bonds is 4. The Morgan fingerprint density at radius 2 is 1.77 bits per heavy atom. The molecule has 8 nitrogen and oxygen atoms in total. The Hall–Kier alpha value is -3.58. The topological polar surface area (TPSA) is 110 Å². The van der Waals surface area contributed by atoms with Crippen LogP contribution in [0.5, 0.6) is 5.75 Å². The van der Waals surface area contributed by atoms with Crippen molar-refractivity contribution in [2.24, 2.45) is 0 Å². The van der Waals surface area contributed by atoms with E-state index in [1.807, 2.05) is 0 Å². The molecule has 3 aliphatic heterocycles. The lowest BCUT2D eigenvalue weighted by molar-refractivity contribution is -0.138. The third-order valence-electron chi connectivity index (χ3n) is 7.68. The fourth-order valence-corrected chi connectivity index (χ4v) is 5.51. The number of aromatic hydroxyl groups is 1. The molecular weight excluding hydrogens is 529 g/mol. The van der Waals surface area contributed by atoms with Crippen molar-refractivity contribution in [2.45, 2.75) is 56.6 Å². The molecule has 2 fully saturated rings. The molecule has 2 aromatic carbocycles. The van der Waals surface area contributed by atoms with E-state index in [4.69, 9.17) is 0 Å². The number of carbonyl (C=O) groups excluding carboxylic acids is 3. The van der Waals surface area contributed by atoms with E-state index >= 15 is 8.78 Å². The zero-order valence-electron chi connectivity index (χ0n) is 20.4. The highest BCUT2D eigenvalue weighted by Crippen LogP contribution is 2.41. The van der Waals surface area contributed by atoms with Crippen LogP contribution in [-0.4, -0.2) is 56.9 Å². The molecule has 3 heterocycles. The molecule has 2 saturated heterocycles. The molecular formula is C26H24F5N3O5. The van der Waals surface area contributed by atoms with Crippen LogP contribution >= 0.6 is 0 Å². The Labute approximate surface area is 219 Å². The zero-order valence-corrected chi connectivity index (χ0v) is 20.4.